The molecule has 0 unspecified atom stereocenters. The number of hydrogen-bond acceptors (Lipinski definition) is 5. The number of aromatic nitrogens is 2. The van der Waals surface area contributed by atoms with E-state index < -0.39 is 5.97 Å². The Kier molecular flexibility index (Phi) is 4.02. The van der Waals surface area contributed by atoms with E-state index in [4.69, 9.17) is 4.74 Å². The number of methoxy groups -OCH3 is 1. The molecule has 6 nitrogen and oxygen atoms in total. The van der Waals surface area contributed by atoms with Gasteiger partial charge >= 0.3 is 5.97 Å². The van der Waals surface area contributed by atoms with Gasteiger partial charge in [0.05, 0.1) is 12.7 Å². The number of fused-ring (bicyclic) bond motifs is 1. The van der Waals surface area contributed by atoms with Gasteiger partial charge in [-0.1, -0.05) is 12.1 Å². The molecule has 1 aromatic carbocycles. The van der Waals surface area contributed by atoms with Crippen molar-refractivity contribution >= 4 is 5.97 Å². The molecular formula is C16H17N3O3. The van der Waals surface area contributed by atoms with Gasteiger partial charge in [0, 0.05) is 32.0 Å². The minimum atomic E-state index is -0.860. The predicted octanol–water partition coefficient (Wildman–Crippen LogP) is 1.74. The lowest BCUT2D eigenvalue weighted by atomic mass is 9.94. The Morgan fingerprint density at radius 1 is 1.36 bits per heavy atom. The van der Waals surface area contributed by atoms with Crippen molar-refractivity contribution < 1.29 is 14.6 Å². The molecule has 0 saturated heterocycles. The van der Waals surface area contributed by atoms with Crippen molar-refractivity contribution in [1.82, 2.24) is 14.9 Å². The highest BCUT2D eigenvalue weighted by molar-refractivity contribution is 5.89. The molecule has 0 atom stereocenters. The fraction of sp³-hybridized carbons (Fsp3) is 0.312. The van der Waals surface area contributed by atoms with Gasteiger partial charge in [0.2, 0.25) is 5.88 Å². The Balaban J connectivity index is 1.80. The number of rotatable bonds is 4. The molecular weight excluding hydrogens is 282 g/mol. The number of carboxylic acid groups (broad SMARTS) is 1. The van der Waals surface area contributed by atoms with Crippen molar-refractivity contribution in [1.29, 1.82) is 0 Å². The standard InChI is InChI=1S/C16H17N3O3/c1-22-15-14(17-6-7-18-15)10-19-8-5-12-11(9-19)3-2-4-13(12)16(20)21/h2-4,6-7H,5,8-10H2,1H3,(H,20,21). The fourth-order valence-corrected chi connectivity index (χ4v) is 2.85. The summed E-state index contributed by atoms with van der Waals surface area (Å²) < 4.78 is 5.23. The van der Waals surface area contributed by atoms with Gasteiger partial charge in [0.25, 0.3) is 0 Å². The molecule has 114 valence electrons. The van der Waals surface area contributed by atoms with E-state index in [0.29, 0.717) is 24.5 Å². The Hall–Kier alpha value is -2.47. The number of aromatic carboxylic acids is 1. The molecule has 0 bridgehead atoms. The first-order valence-electron chi connectivity index (χ1n) is 7.09. The third-order valence-electron chi connectivity index (χ3n) is 3.88. The van der Waals surface area contributed by atoms with Crippen molar-refractivity contribution in [3.8, 4) is 5.88 Å². The van der Waals surface area contributed by atoms with Crippen LogP contribution in [0, 0.1) is 0 Å². The quantitative estimate of drug-likeness (QED) is 0.927. The molecule has 1 aliphatic rings. The molecule has 0 fully saturated rings. The Bertz CT molecular complexity index is 703. The number of ether oxygens (including phenoxy) is 1. The van der Waals surface area contributed by atoms with E-state index in [2.05, 4.69) is 14.9 Å². The van der Waals surface area contributed by atoms with Crippen LogP contribution >= 0.6 is 0 Å². The average molecular weight is 299 g/mol. The normalized spacial score (nSPS) is 14.4. The van der Waals surface area contributed by atoms with Crippen molar-refractivity contribution in [3.63, 3.8) is 0 Å². The minimum absolute atomic E-state index is 0.411. The summed E-state index contributed by atoms with van der Waals surface area (Å²) in [6, 6.07) is 5.46. The van der Waals surface area contributed by atoms with E-state index in [-0.39, 0.29) is 0 Å². The van der Waals surface area contributed by atoms with Crippen molar-refractivity contribution in [2.75, 3.05) is 13.7 Å². The highest BCUT2D eigenvalue weighted by Crippen LogP contribution is 2.24. The zero-order valence-corrected chi connectivity index (χ0v) is 12.3. The molecule has 2 aromatic rings. The van der Waals surface area contributed by atoms with E-state index in [1.54, 1.807) is 31.6 Å². The lowest BCUT2D eigenvalue weighted by Gasteiger charge is -2.29. The molecule has 0 aliphatic carbocycles. The molecule has 1 N–H and O–H groups in total. The maximum absolute atomic E-state index is 11.3. The third-order valence-corrected chi connectivity index (χ3v) is 3.88. The fourth-order valence-electron chi connectivity index (χ4n) is 2.85. The highest BCUT2D eigenvalue weighted by atomic mass is 16.5. The summed E-state index contributed by atoms with van der Waals surface area (Å²) >= 11 is 0. The van der Waals surface area contributed by atoms with E-state index in [1.165, 1.54) is 0 Å². The number of benzene rings is 1. The smallest absolute Gasteiger partial charge is 0.335 e. The zero-order valence-electron chi connectivity index (χ0n) is 12.3. The summed E-state index contributed by atoms with van der Waals surface area (Å²) in [7, 11) is 1.58. The zero-order chi connectivity index (χ0) is 15.5. The monoisotopic (exact) mass is 299 g/mol. The summed E-state index contributed by atoms with van der Waals surface area (Å²) in [5.74, 6) is -0.325. The van der Waals surface area contributed by atoms with E-state index >= 15 is 0 Å². The van der Waals surface area contributed by atoms with Gasteiger partial charge in [-0.05, 0) is 23.6 Å². The molecule has 0 spiro atoms. The van der Waals surface area contributed by atoms with Crippen LogP contribution in [0.1, 0.15) is 27.2 Å². The second-order valence-electron chi connectivity index (χ2n) is 5.22. The van der Waals surface area contributed by atoms with Crippen molar-refractivity contribution in [3.05, 3.63) is 53.0 Å². The van der Waals surface area contributed by atoms with Gasteiger partial charge in [-0.3, -0.25) is 9.88 Å². The van der Waals surface area contributed by atoms with Gasteiger partial charge in [0.1, 0.15) is 5.69 Å². The lowest BCUT2D eigenvalue weighted by molar-refractivity contribution is 0.0694. The van der Waals surface area contributed by atoms with Crippen LogP contribution in [-0.2, 0) is 19.5 Å². The first-order valence-corrected chi connectivity index (χ1v) is 7.09. The molecule has 0 radical (unpaired) electrons. The molecule has 3 rings (SSSR count). The van der Waals surface area contributed by atoms with Gasteiger partial charge in [0.15, 0.2) is 0 Å². The van der Waals surface area contributed by atoms with Crippen LogP contribution in [0.3, 0.4) is 0 Å². The molecule has 1 aliphatic heterocycles. The number of carboxylic acids is 1. The van der Waals surface area contributed by atoms with Gasteiger partial charge in [-0.2, -0.15) is 0 Å². The molecule has 0 amide bonds. The summed E-state index contributed by atoms with van der Waals surface area (Å²) in [5.41, 5.74) is 3.21. The van der Waals surface area contributed by atoms with Crippen LogP contribution < -0.4 is 4.74 Å². The van der Waals surface area contributed by atoms with Crippen LogP contribution in [0.5, 0.6) is 5.88 Å². The Labute approximate surface area is 128 Å². The van der Waals surface area contributed by atoms with Crippen molar-refractivity contribution in [2.24, 2.45) is 0 Å². The highest BCUT2D eigenvalue weighted by Gasteiger charge is 2.22. The summed E-state index contributed by atoms with van der Waals surface area (Å²) in [6.07, 6.45) is 3.98. The Morgan fingerprint density at radius 2 is 2.18 bits per heavy atom. The topological polar surface area (TPSA) is 75.6 Å². The third kappa shape index (κ3) is 2.78. The molecule has 1 aromatic heterocycles. The maximum Gasteiger partial charge on any atom is 0.335 e. The predicted molar refractivity (Wildman–Crippen MR) is 79.8 cm³/mol. The minimum Gasteiger partial charge on any atom is -0.480 e. The van der Waals surface area contributed by atoms with Crippen LogP contribution in [0.2, 0.25) is 0 Å². The van der Waals surface area contributed by atoms with Crippen LogP contribution in [0.4, 0.5) is 0 Å². The SMILES string of the molecule is COc1nccnc1CN1CCc2c(cccc2C(=O)O)C1. The molecule has 22 heavy (non-hydrogen) atoms. The summed E-state index contributed by atoms with van der Waals surface area (Å²) in [6.45, 7) is 2.13. The Morgan fingerprint density at radius 3 is 2.95 bits per heavy atom. The molecule has 6 heteroatoms. The van der Waals surface area contributed by atoms with E-state index in [1.807, 2.05) is 6.07 Å². The van der Waals surface area contributed by atoms with E-state index in [9.17, 15) is 9.90 Å². The second kappa shape index (κ2) is 6.11. The van der Waals surface area contributed by atoms with Gasteiger partial charge in [-0.25, -0.2) is 9.78 Å². The summed E-state index contributed by atoms with van der Waals surface area (Å²) in [4.78, 5) is 22.0. The van der Waals surface area contributed by atoms with Crippen LogP contribution in [0.25, 0.3) is 0 Å². The largest absolute Gasteiger partial charge is 0.480 e. The lowest BCUT2D eigenvalue weighted by Crippen LogP contribution is -2.31. The van der Waals surface area contributed by atoms with Gasteiger partial charge in [-0.15, -0.1) is 0 Å². The van der Waals surface area contributed by atoms with E-state index in [0.717, 1.165) is 29.8 Å². The average Bonchev–Trinajstić information content (AvgIpc) is 2.54. The summed E-state index contributed by atoms with van der Waals surface area (Å²) in [5, 5.41) is 9.26. The first kappa shape index (κ1) is 14.5. The van der Waals surface area contributed by atoms with Gasteiger partial charge < -0.3 is 9.84 Å². The molecule has 2 heterocycles. The number of hydrogen-bond donors (Lipinski definition) is 1. The van der Waals surface area contributed by atoms with Crippen LogP contribution in [-0.4, -0.2) is 39.6 Å². The maximum atomic E-state index is 11.3. The molecule has 0 saturated carbocycles. The van der Waals surface area contributed by atoms with Crippen molar-refractivity contribution in [2.45, 2.75) is 19.5 Å². The number of carbonyl (C=O) groups is 1. The van der Waals surface area contributed by atoms with Crippen LogP contribution in [0.15, 0.2) is 30.6 Å². The first-order chi connectivity index (χ1) is 10.7. The number of nitrogens with zero attached hydrogens (tertiary/aromatic N) is 3. The second-order valence-corrected chi connectivity index (χ2v) is 5.22.